The second-order valence-corrected chi connectivity index (χ2v) is 4.61. The molecule has 1 saturated heterocycles. The predicted molar refractivity (Wildman–Crippen MR) is 71.4 cm³/mol. The third-order valence-electron chi connectivity index (χ3n) is 3.43. The van der Waals surface area contributed by atoms with Gasteiger partial charge in [-0.25, -0.2) is 4.79 Å². The monoisotopic (exact) mass is 275 g/mol. The van der Waals surface area contributed by atoms with Crippen molar-refractivity contribution in [3.05, 3.63) is 28.7 Å². The number of para-hydroxylation sites is 1. The van der Waals surface area contributed by atoms with Gasteiger partial charge in [0.15, 0.2) is 5.58 Å². The van der Waals surface area contributed by atoms with E-state index in [1.165, 1.54) is 4.57 Å². The van der Waals surface area contributed by atoms with E-state index in [0.717, 1.165) is 0 Å². The van der Waals surface area contributed by atoms with E-state index in [1.807, 2.05) is 0 Å². The molecule has 1 aliphatic rings. The number of imide groups is 1. The molecule has 104 valence electrons. The lowest BCUT2D eigenvalue weighted by Crippen LogP contribution is -2.43. The number of carbonyl (C=O) groups is 2. The van der Waals surface area contributed by atoms with Crippen molar-refractivity contribution in [3.63, 3.8) is 0 Å². The third kappa shape index (κ3) is 1.78. The Balaban J connectivity index is 2.17. The molecule has 1 atom stereocenters. The third-order valence-corrected chi connectivity index (χ3v) is 3.43. The van der Waals surface area contributed by atoms with Gasteiger partial charge in [-0.05, 0) is 18.6 Å². The van der Waals surface area contributed by atoms with Gasteiger partial charge >= 0.3 is 5.76 Å². The van der Waals surface area contributed by atoms with Gasteiger partial charge in [-0.3, -0.25) is 19.5 Å². The van der Waals surface area contributed by atoms with Crippen LogP contribution in [0.2, 0.25) is 0 Å². The van der Waals surface area contributed by atoms with Gasteiger partial charge in [0.2, 0.25) is 11.8 Å². The lowest BCUT2D eigenvalue weighted by atomic mass is 10.1. The molecular weight excluding hydrogens is 262 g/mol. The van der Waals surface area contributed by atoms with Crippen LogP contribution in [0.25, 0.3) is 11.1 Å². The average molecular weight is 275 g/mol. The number of piperidine rings is 1. The molecule has 3 rings (SSSR count). The van der Waals surface area contributed by atoms with Crippen LogP contribution in [0, 0.1) is 0 Å². The lowest BCUT2D eigenvalue weighted by molar-refractivity contribution is -0.135. The van der Waals surface area contributed by atoms with Crippen molar-refractivity contribution >= 4 is 28.6 Å². The van der Waals surface area contributed by atoms with E-state index in [0.29, 0.717) is 23.2 Å². The molecule has 7 nitrogen and oxygen atoms in total. The number of hydrogen-bond acceptors (Lipinski definition) is 5. The molecule has 2 N–H and O–H groups in total. The smallest absolute Gasteiger partial charge is 0.405 e. The Kier molecular flexibility index (Phi) is 2.81. The Hall–Kier alpha value is -2.57. The van der Waals surface area contributed by atoms with Crippen LogP contribution in [0.15, 0.2) is 27.4 Å². The number of aromatic nitrogens is 1. The number of carbonyl (C=O) groups excluding carboxylic acids is 2. The maximum absolute atomic E-state index is 12.0. The molecule has 1 fully saturated rings. The minimum atomic E-state index is -0.714. The van der Waals surface area contributed by atoms with Gasteiger partial charge in [0.1, 0.15) is 6.04 Å². The Bertz CT molecular complexity index is 759. The highest BCUT2D eigenvalue weighted by Gasteiger charge is 2.31. The largest absolute Gasteiger partial charge is 0.420 e. The van der Waals surface area contributed by atoms with Crippen LogP contribution in [0.4, 0.5) is 5.69 Å². The van der Waals surface area contributed by atoms with Gasteiger partial charge in [0, 0.05) is 13.5 Å². The van der Waals surface area contributed by atoms with Gasteiger partial charge in [-0.2, -0.15) is 0 Å². The van der Waals surface area contributed by atoms with Gasteiger partial charge in [0.25, 0.3) is 0 Å². The van der Waals surface area contributed by atoms with Crippen molar-refractivity contribution in [1.29, 1.82) is 0 Å². The first-order valence-corrected chi connectivity index (χ1v) is 6.27. The van der Waals surface area contributed by atoms with E-state index >= 15 is 0 Å². The van der Waals surface area contributed by atoms with Gasteiger partial charge in [-0.1, -0.05) is 6.07 Å². The van der Waals surface area contributed by atoms with Crippen LogP contribution < -0.4 is 16.4 Å². The molecule has 1 aliphatic heterocycles. The predicted octanol–water partition coefficient (Wildman–Crippen LogP) is 0.614. The number of fused-ring (bicyclic) bond motifs is 1. The van der Waals surface area contributed by atoms with E-state index < -0.39 is 17.7 Å². The van der Waals surface area contributed by atoms with Crippen LogP contribution in [0.5, 0.6) is 0 Å². The number of oxazole rings is 1. The van der Waals surface area contributed by atoms with E-state index in [4.69, 9.17) is 4.42 Å². The highest BCUT2D eigenvalue weighted by molar-refractivity contribution is 6.00. The highest BCUT2D eigenvalue weighted by Crippen LogP contribution is 2.27. The summed E-state index contributed by atoms with van der Waals surface area (Å²) in [6, 6.07) is 4.55. The van der Waals surface area contributed by atoms with Crippen LogP contribution in [-0.4, -0.2) is 23.4 Å². The molecule has 1 aromatic carbocycles. The van der Waals surface area contributed by atoms with Crippen molar-refractivity contribution in [3.8, 4) is 0 Å². The summed E-state index contributed by atoms with van der Waals surface area (Å²) in [5.41, 5.74) is 1.62. The average Bonchev–Trinajstić information content (AvgIpc) is 2.75. The number of nitrogens with zero attached hydrogens (tertiary/aromatic N) is 1. The Morgan fingerprint density at radius 3 is 2.85 bits per heavy atom. The SMILES string of the molecule is CNc1cccc2c1oc(=O)n2C1CCC(=O)NC1=O. The first-order valence-electron chi connectivity index (χ1n) is 6.27. The molecule has 1 unspecified atom stereocenters. The van der Waals surface area contributed by atoms with Crippen molar-refractivity contribution in [1.82, 2.24) is 9.88 Å². The summed E-state index contributed by atoms with van der Waals surface area (Å²) in [7, 11) is 1.72. The summed E-state index contributed by atoms with van der Waals surface area (Å²) < 4.78 is 6.53. The van der Waals surface area contributed by atoms with E-state index in [1.54, 1.807) is 25.2 Å². The maximum Gasteiger partial charge on any atom is 0.420 e. The normalized spacial score (nSPS) is 19.1. The molecule has 0 saturated carbocycles. The summed E-state index contributed by atoms with van der Waals surface area (Å²) in [4.78, 5) is 35.1. The number of hydrogen-bond donors (Lipinski definition) is 2. The molecule has 0 aliphatic carbocycles. The van der Waals surface area contributed by atoms with E-state index in [2.05, 4.69) is 10.6 Å². The molecule has 2 amide bonds. The Morgan fingerprint density at radius 1 is 1.35 bits per heavy atom. The van der Waals surface area contributed by atoms with Crippen LogP contribution >= 0.6 is 0 Å². The van der Waals surface area contributed by atoms with Gasteiger partial charge < -0.3 is 9.73 Å². The molecule has 7 heteroatoms. The fourth-order valence-corrected chi connectivity index (χ4v) is 2.48. The zero-order valence-electron chi connectivity index (χ0n) is 10.8. The number of benzene rings is 1. The van der Waals surface area contributed by atoms with Crippen molar-refractivity contribution < 1.29 is 14.0 Å². The van der Waals surface area contributed by atoms with E-state index in [9.17, 15) is 14.4 Å². The number of anilines is 1. The number of rotatable bonds is 2. The summed E-state index contributed by atoms with van der Waals surface area (Å²) >= 11 is 0. The standard InChI is InChI=1S/C13H13N3O4/c1-14-7-3-2-4-8-11(7)20-13(19)16(8)9-5-6-10(17)15-12(9)18/h2-4,9,14H,5-6H2,1H3,(H,15,17,18). The van der Waals surface area contributed by atoms with Gasteiger partial charge in [0.05, 0.1) is 11.2 Å². The second-order valence-electron chi connectivity index (χ2n) is 4.61. The topological polar surface area (TPSA) is 93.3 Å². The number of nitrogens with one attached hydrogen (secondary N) is 2. The maximum atomic E-state index is 12.0. The molecule has 20 heavy (non-hydrogen) atoms. The van der Waals surface area contributed by atoms with Crippen LogP contribution in [0.3, 0.4) is 0 Å². The van der Waals surface area contributed by atoms with Crippen LogP contribution in [0.1, 0.15) is 18.9 Å². The first kappa shape index (κ1) is 12.5. The fraction of sp³-hybridized carbons (Fsp3) is 0.308. The lowest BCUT2D eigenvalue weighted by Gasteiger charge is -2.21. The summed E-state index contributed by atoms with van der Waals surface area (Å²) in [6.07, 6.45) is 0.504. The summed E-state index contributed by atoms with van der Waals surface area (Å²) in [5.74, 6) is -1.39. The minimum Gasteiger partial charge on any atom is -0.405 e. The molecule has 0 spiro atoms. The number of amides is 2. The fourth-order valence-electron chi connectivity index (χ4n) is 2.48. The quantitative estimate of drug-likeness (QED) is 0.783. The van der Waals surface area contributed by atoms with Crippen molar-refractivity contribution in [2.45, 2.75) is 18.9 Å². The highest BCUT2D eigenvalue weighted by atomic mass is 16.4. The Morgan fingerprint density at radius 2 is 2.15 bits per heavy atom. The van der Waals surface area contributed by atoms with E-state index in [-0.39, 0.29) is 12.3 Å². The summed E-state index contributed by atoms with van der Waals surface area (Å²) in [5, 5.41) is 5.17. The second kappa shape index (κ2) is 4.52. The molecule has 2 aromatic rings. The molecule has 1 aromatic heterocycles. The molecule has 0 bridgehead atoms. The Labute approximate surface area is 113 Å². The zero-order valence-corrected chi connectivity index (χ0v) is 10.8. The first-order chi connectivity index (χ1) is 9.61. The minimum absolute atomic E-state index is 0.210. The van der Waals surface area contributed by atoms with Crippen molar-refractivity contribution in [2.75, 3.05) is 12.4 Å². The zero-order chi connectivity index (χ0) is 14.3. The van der Waals surface area contributed by atoms with Gasteiger partial charge in [-0.15, -0.1) is 0 Å². The molecule has 2 heterocycles. The summed E-state index contributed by atoms with van der Waals surface area (Å²) in [6.45, 7) is 0. The van der Waals surface area contributed by atoms with Crippen molar-refractivity contribution in [2.24, 2.45) is 0 Å². The molecular formula is C13H13N3O4. The van der Waals surface area contributed by atoms with Crippen LogP contribution in [-0.2, 0) is 9.59 Å². The molecule has 0 radical (unpaired) electrons.